The number of rotatable bonds is 8. The van der Waals surface area contributed by atoms with E-state index in [0.717, 1.165) is 5.56 Å². The van der Waals surface area contributed by atoms with Gasteiger partial charge in [0.1, 0.15) is 11.5 Å². The molecule has 2 aromatic carbocycles. The number of ether oxygens (including phenoxy) is 1. The molecule has 0 amide bonds. The largest absolute Gasteiger partial charge is 0.508 e. The molecule has 0 unspecified atom stereocenters. The van der Waals surface area contributed by atoms with Crippen molar-refractivity contribution in [2.45, 2.75) is 25.0 Å². The molecule has 2 rings (SSSR count). The Labute approximate surface area is 153 Å². The molecule has 0 fully saturated rings. The van der Waals surface area contributed by atoms with Gasteiger partial charge in [-0.15, -0.1) is 5.73 Å². The first kappa shape index (κ1) is 19.8. The summed E-state index contributed by atoms with van der Waals surface area (Å²) in [6.07, 6.45) is 0.606. The summed E-state index contributed by atoms with van der Waals surface area (Å²) in [6.45, 7) is -0.230. The Balaban J connectivity index is 2.00. The number of benzene rings is 2. The van der Waals surface area contributed by atoms with Crippen LogP contribution in [-0.4, -0.2) is 34.1 Å². The SMILES string of the molecule is COc1ccc([C@H](O)CC(=C=CC[C@@H](O)c2cccc(O)c2)CO)cc1. The van der Waals surface area contributed by atoms with E-state index in [0.29, 0.717) is 16.9 Å². The first-order chi connectivity index (χ1) is 12.5. The average Bonchev–Trinajstić information content (AvgIpc) is 2.67. The third-order valence-corrected chi connectivity index (χ3v) is 4.03. The van der Waals surface area contributed by atoms with E-state index in [9.17, 15) is 20.4 Å². The Hall–Kier alpha value is -2.56. The first-order valence-corrected chi connectivity index (χ1v) is 8.36. The lowest BCUT2D eigenvalue weighted by molar-refractivity contribution is 0.172. The molecule has 5 nitrogen and oxygen atoms in total. The number of aliphatic hydroxyl groups excluding tert-OH is 3. The topological polar surface area (TPSA) is 90.2 Å². The summed E-state index contributed by atoms with van der Waals surface area (Å²) in [7, 11) is 1.58. The van der Waals surface area contributed by atoms with Gasteiger partial charge in [0.2, 0.25) is 0 Å². The van der Waals surface area contributed by atoms with E-state index in [4.69, 9.17) is 4.74 Å². The number of hydrogen-bond donors (Lipinski definition) is 4. The van der Waals surface area contributed by atoms with Crippen LogP contribution in [0.1, 0.15) is 36.2 Å². The van der Waals surface area contributed by atoms with Crippen molar-refractivity contribution in [1.82, 2.24) is 0 Å². The Morgan fingerprint density at radius 3 is 2.42 bits per heavy atom. The van der Waals surface area contributed by atoms with Crippen molar-refractivity contribution in [2.75, 3.05) is 13.7 Å². The van der Waals surface area contributed by atoms with Gasteiger partial charge < -0.3 is 25.2 Å². The van der Waals surface area contributed by atoms with E-state index in [1.807, 2.05) is 0 Å². The molecule has 0 saturated heterocycles. The van der Waals surface area contributed by atoms with Gasteiger partial charge in [-0.05, 0) is 47.0 Å². The summed E-state index contributed by atoms with van der Waals surface area (Å²) < 4.78 is 5.09. The molecule has 0 spiro atoms. The molecule has 0 aliphatic carbocycles. The molecule has 0 bridgehead atoms. The number of aliphatic hydroxyl groups is 3. The van der Waals surface area contributed by atoms with Gasteiger partial charge in [-0.2, -0.15) is 0 Å². The minimum Gasteiger partial charge on any atom is -0.508 e. The van der Waals surface area contributed by atoms with E-state index >= 15 is 0 Å². The smallest absolute Gasteiger partial charge is 0.118 e. The summed E-state index contributed by atoms with van der Waals surface area (Å²) in [5.74, 6) is 0.805. The maximum absolute atomic E-state index is 10.3. The molecule has 0 heterocycles. The molecule has 0 aliphatic heterocycles. The van der Waals surface area contributed by atoms with Gasteiger partial charge in [-0.25, -0.2) is 0 Å². The van der Waals surface area contributed by atoms with Crippen LogP contribution in [0.15, 0.2) is 65.9 Å². The second kappa shape index (κ2) is 9.80. The highest BCUT2D eigenvalue weighted by atomic mass is 16.5. The number of phenolic OH excluding ortho intramolecular Hbond substituents is 1. The zero-order valence-corrected chi connectivity index (χ0v) is 14.7. The van der Waals surface area contributed by atoms with Crippen LogP contribution in [0.5, 0.6) is 11.5 Å². The molecule has 0 aromatic heterocycles. The molecule has 26 heavy (non-hydrogen) atoms. The Morgan fingerprint density at radius 1 is 1.08 bits per heavy atom. The molecule has 138 valence electrons. The first-order valence-electron chi connectivity index (χ1n) is 8.36. The van der Waals surface area contributed by atoms with Crippen LogP contribution >= 0.6 is 0 Å². The fraction of sp³-hybridized carbons (Fsp3) is 0.286. The maximum Gasteiger partial charge on any atom is 0.118 e. The Kier molecular flexibility index (Phi) is 7.45. The van der Waals surface area contributed by atoms with Crippen molar-refractivity contribution in [1.29, 1.82) is 0 Å². The van der Waals surface area contributed by atoms with Crippen molar-refractivity contribution in [3.05, 3.63) is 77.0 Å². The highest BCUT2D eigenvalue weighted by Gasteiger charge is 2.10. The van der Waals surface area contributed by atoms with Crippen molar-refractivity contribution in [3.63, 3.8) is 0 Å². The number of methoxy groups -OCH3 is 1. The normalized spacial score (nSPS) is 12.8. The fourth-order valence-corrected chi connectivity index (χ4v) is 2.53. The van der Waals surface area contributed by atoms with Crippen LogP contribution < -0.4 is 4.74 Å². The highest BCUT2D eigenvalue weighted by molar-refractivity contribution is 5.30. The molecule has 4 N–H and O–H groups in total. The molecule has 0 saturated carbocycles. The quantitative estimate of drug-likeness (QED) is 0.546. The lowest BCUT2D eigenvalue weighted by atomic mass is 10.0. The fourth-order valence-electron chi connectivity index (χ4n) is 2.53. The van der Waals surface area contributed by atoms with E-state index in [1.54, 1.807) is 49.6 Å². The molecule has 0 aliphatic rings. The van der Waals surface area contributed by atoms with Crippen molar-refractivity contribution in [2.24, 2.45) is 0 Å². The van der Waals surface area contributed by atoms with Crippen molar-refractivity contribution in [3.8, 4) is 11.5 Å². The van der Waals surface area contributed by atoms with Crippen molar-refractivity contribution < 1.29 is 25.2 Å². The van der Waals surface area contributed by atoms with E-state index in [1.165, 1.54) is 12.1 Å². The van der Waals surface area contributed by atoms with Crippen LogP contribution in [0, 0.1) is 0 Å². The summed E-state index contributed by atoms with van der Waals surface area (Å²) in [4.78, 5) is 0. The van der Waals surface area contributed by atoms with Gasteiger partial charge in [0.25, 0.3) is 0 Å². The van der Waals surface area contributed by atoms with E-state index < -0.39 is 12.2 Å². The Bertz CT molecular complexity index is 760. The minimum absolute atomic E-state index is 0.0970. The average molecular weight is 356 g/mol. The van der Waals surface area contributed by atoms with Gasteiger partial charge in [0.15, 0.2) is 0 Å². The van der Waals surface area contributed by atoms with Crippen LogP contribution in [-0.2, 0) is 0 Å². The molecule has 5 heteroatoms. The van der Waals surface area contributed by atoms with Gasteiger partial charge in [-0.1, -0.05) is 24.3 Å². The third-order valence-electron chi connectivity index (χ3n) is 4.03. The van der Waals surface area contributed by atoms with Crippen LogP contribution in [0.4, 0.5) is 0 Å². The molecular formula is C21H24O5. The van der Waals surface area contributed by atoms with Crippen LogP contribution in [0.3, 0.4) is 0 Å². The summed E-state index contributed by atoms with van der Waals surface area (Å²) in [5.41, 5.74) is 4.81. The Morgan fingerprint density at radius 2 is 1.81 bits per heavy atom. The van der Waals surface area contributed by atoms with Gasteiger partial charge in [-0.3, -0.25) is 0 Å². The zero-order chi connectivity index (χ0) is 18.9. The van der Waals surface area contributed by atoms with Gasteiger partial charge >= 0.3 is 0 Å². The minimum atomic E-state index is -0.777. The van der Waals surface area contributed by atoms with E-state index in [-0.39, 0.29) is 25.2 Å². The second-order valence-electron chi connectivity index (χ2n) is 5.95. The second-order valence-corrected chi connectivity index (χ2v) is 5.95. The molecular weight excluding hydrogens is 332 g/mol. The van der Waals surface area contributed by atoms with Crippen LogP contribution in [0.2, 0.25) is 0 Å². The monoisotopic (exact) mass is 356 g/mol. The number of phenols is 1. The molecule has 0 radical (unpaired) electrons. The number of aromatic hydroxyl groups is 1. The summed E-state index contributed by atoms with van der Waals surface area (Å²) >= 11 is 0. The maximum atomic E-state index is 10.3. The molecule has 2 aromatic rings. The van der Waals surface area contributed by atoms with Gasteiger partial charge in [0.05, 0.1) is 25.9 Å². The molecule has 2 atom stereocenters. The standard InChI is InChI=1S/C21H24O5/c1-26-19-10-8-16(9-11-19)21(25)12-15(14-22)4-2-7-20(24)17-5-3-6-18(23)13-17/h2-3,5-6,8-11,13,20-25H,7,12,14H2,1H3/t4?,20-,21-/m1/s1. The van der Waals surface area contributed by atoms with Crippen LogP contribution in [0.25, 0.3) is 0 Å². The zero-order valence-electron chi connectivity index (χ0n) is 14.7. The predicted molar refractivity (Wildman–Crippen MR) is 98.9 cm³/mol. The van der Waals surface area contributed by atoms with Gasteiger partial charge in [0, 0.05) is 12.8 Å². The van der Waals surface area contributed by atoms with E-state index in [2.05, 4.69) is 5.73 Å². The van der Waals surface area contributed by atoms with Crippen molar-refractivity contribution >= 4 is 0 Å². The lowest BCUT2D eigenvalue weighted by Gasteiger charge is -2.12. The summed E-state index contributed by atoms with van der Waals surface area (Å²) in [6, 6.07) is 13.5. The highest BCUT2D eigenvalue weighted by Crippen LogP contribution is 2.24. The predicted octanol–water partition coefficient (Wildman–Crippen LogP) is 3.02. The lowest BCUT2D eigenvalue weighted by Crippen LogP contribution is -2.01. The third kappa shape index (κ3) is 5.76. The number of hydrogen-bond acceptors (Lipinski definition) is 5. The summed E-state index contributed by atoms with van der Waals surface area (Å²) in [5, 5.41) is 39.3.